The van der Waals surface area contributed by atoms with E-state index in [1.165, 1.54) is 0 Å². The van der Waals surface area contributed by atoms with Crippen molar-refractivity contribution in [2.24, 2.45) is 0 Å². The number of rotatable bonds is 5. The molecule has 1 aromatic carbocycles. The second kappa shape index (κ2) is 7.12. The third-order valence-electron chi connectivity index (χ3n) is 2.74. The molecule has 0 fully saturated rings. The highest BCUT2D eigenvalue weighted by Gasteiger charge is 2.08. The van der Waals surface area contributed by atoms with Gasteiger partial charge in [-0.05, 0) is 24.3 Å². The van der Waals surface area contributed by atoms with Gasteiger partial charge in [-0.15, -0.1) is 12.4 Å². The molecule has 0 unspecified atom stereocenters. The summed E-state index contributed by atoms with van der Waals surface area (Å²) >= 11 is 0. The van der Waals surface area contributed by atoms with Crippen LogP contribution in [0.1, 0.15) is 30.0 Å². The molecule has 0 radical (unpaired) electrons. The van der Waals surface area contributed by atoms with Crippen molar-refractivity contribution in [1.82, 2.24) is 5.32 Å². The summed E-state index contributed by atoms with van der Waals surface area (Å²) in [6.07, 6.45) is 0. The molecule has 0 saturated carbocycles. The molecule has 1 aromatic heterocycles. The van der Waals surface area contributed by atoms with E-state index in [4.69, 9.17) is 9.52 Å². The normalized spacial score (nSPS) is 10.3. The maximum atomic E-state index is 10.9. The summed E-state index contributed by atoms with van der Waals surface area (Å²) in [7, 11) is 0. The smallest absolute Gasteiger partial charge is 0.335 e. The van der Waals surface area contributed by atoms with E-state index in [2.05, 4.69) is 19.2 Å². The van der Waals surface area contributed by atoms with Crippen molar-refractivity contribution in [3.05, 3.63) is 47.7 Å². The molecule has 0 atom stereocenters. The van der Waals surface area contributed by atoms with E-state index >= 15 is 0 Å². The van der Waals surface area contributed by atoms with Crippen LogP contribution in [0.3, 0.4) is 0 Å². The van der Waals surface area contributed by atoms with Crippen LogP contribution in [0.5, 0.6) is 0 Å². The number of benzene rings is 1. The van der Waals surface area contributed by atoms with Gasteiger partial charge in [0.15, 0.2) is 0 Å². The fourth-order valence-electron chi connectivity index (χ4n) is 1.74. The topological polar surface area (TPSA) is 62.5 Å². The van der Waals surface area contributed by atoms with Crippen LogP contribution in [0.25, 0.3) is 11.3 Å². The van der Waals surface area contributed by atoms with Gasteiger partial charge in [0.05, 0.1) is 12.1 Å². The molecule has 0 spiro atoms. The standard InChI is InChI=1S/C15H17NO3.ClH/c1-10(2)16-9-13-6-7-14(19-13)11-4-3-5-12(8-11)15(17)18;/h3-8,10,16H,9H2,1-2H3,(H,17,18);1H. The van der Waals surface area contributed by atoms with Crippen molar-refractivity contribution in [3.63, 3.8) is 0 Å². The fraction of sp³-hybridized carbons (Fsp3) is 0.267. The third-order valence-corrected chi connectivity index (χ3v) is 2.74. The van der Waals surface area contributed by atoms with Gasteiger partial charge in [-0.1, -0.05) is 26.0 Å². The lowest BCUT2D eigenvalue weighted by atomic mass is 10.1. The van der Waals surface area contributed by atoms with Gasteiger partial charge in [-0.2, -0.15) is 0 Å². The fourth-order valence-corrected chi connectivity index (χ4v) is 1.74. The van der Waals surface area contributed by atoms with Crippen molar-refractivity contribution in [2.45, 2.75) is 26.4 Å². The molecule has 108 valence electrons. The molecule has 0 aliphatic heterocycles. The quantitative estimate of drug-likeness (QED) is 0.885. The summed E-state index contributed by atoms with van der Waals surface area (Å²) in [4.78, 5) is 10.9. The van der Waals surface area contributed by atoms with E-state index in [-0.39, 0.29) is 18.0 Å². The van der Waals surface area contributed by atoms with E-state index < -0.39 is 5.97 Å². The number of aromatic carboxylic acids is 1. The monoisotopic (exact) mass is 295 g/mol. The molecule has 2 N–H and O–H groups in total. The zero-order valence-corrected chi connectivity index (χ0v) is 12.2. The van der Waals surface area contributed by atoms with Gasteiger partial charge in [0.25, 0.3) is 0 Å². The van der Waals surface area contributed by atoms with Crippen molar-refractivity contribution in [3.8, 4) is 11.3 Å². The molecular formula is C15H18ClNO3. The average Bonchev–Trinajstić information content (AvgIpc) is 2.85. The van der Waals surface area contributed by atoms with Gasteiger partial charge in [0, 0.05) is 11.6 Å². The summed E-state index contributed by atoms with van der Waals surface area (Å²) in [5, 5.41) is 12.2. The minimum absolute atomic E-state index is 0. The Morgan fingerprint density at radius 3 is 2.70 bits per heavy atom. The van der Waals surface area contributed by atoms with E-state index in [1.807, 2.05) is 18.2 Å². The Kier molecular flexibility index (Phi) is 5.80. The molecule has 4 nitrogen and oxygen atoms in total. The van der Waals surface area contributed by atoms with Crippen LogP contribution in [0.4, 0.5) is 0 Å². The van der Waals surface area contributed by atoms with Crippen LogP contribution in [-0.2, 0) is 6.54 Å². The summed E-state index contributed by atoms with van der Waals surface area (Å²) in [5.74, 6) is 0.586. The van der Waals surface area contributed by atoms with Gasteiger partial charge in [0.2, 0.25) is 0 Å². The Balaban J connectivity index is 0.00000200. The first-order valence-corrected chi connectivity index (χ1v) is 6.22. The van der Waals surface area contributed by atoms with Crippen LogP contribution in [-0.4, -0.2) is 17.1 Å². The number of nitrogens with one attached hydrogen (secondary N) is 1. The van der Waals surface area contributed by atoms with Crippen molar-refractivity contribution < 1.29 is 14.3 Å². The van der Waals surface area contributed by atoms with Gasteiger partial charge in [-0.25, -0.2) is 4.79 Å². The molecular weight excluding hydrogens is 278 g/mol. The highest BCUT2D eigenvalue weighted by atomic mass is 35.5. The molecule has 2 rings (SSSR count). The van der Waals surface area contributed by atoms with Gasteiger partial charge in [0.1, 0.15) is 11.5 Å². The highest BCUT2D eigenvalue weighted by Crippen LogP contribution is 2.23. The number of carboxylic acids is 1. The number of carboxylic acid groups (broad SMARTS) is 1. The second-order valence-corrected chi connectivity index (χ2v) is 4.69. The van der Waals surface area contributed by atoms with E-state index in [1.54, 1.807) is 18.2 Å². The first-order valence-electron chi connectivity index (χ1n) is 6.22. The lowest BCUT2D eigenvalue weighted by molar-refractivity contribution is 0.0697. The Hall–Kier alpha value is -1.78. The maximum Gasteiger partial charge on any atom is 0.335 e. The zero-order chi connectivity index (χ0) is 13.8. The minimum Gasteiger partial charge on any atom is -0.478 e. The summed E-state index contributed by atoms with van der Waals surface area (Å²) in [5.41, 5.74) is 1.03. The number of hydrogen-bond donors (Lipinski definition) is 2. The molecule has 0 aliphatic carbocycles. The zero-order valence-electron chi connectivity index (χ0n) is 11.4. The Bertz CT molecular complexity index is 578. The number of carbonyl (C=O) groups is 1. The molecule has 0 bridgehead atoms. The maximum absolute atomic E-state index is 10.9. The average molecular weight is 296 g/mol. The lowest BCUT2D eigenvalue weighted by Gasteiger charge is -2.05. The third kappa shape index (κ3) is 4.11. The van der Waals surface area contributed by atoms with Gasteiger partial charge < -0.3 is 14.8 Å². The molecule has 20 heavy (non-hydrogen) atoms. The number of hydrogen-bond acceptors (Lipinski definition) is 3. The SMILES string of the molecule is CC(C)NCc1ccc(-c2cccc(C(=O)O)c2)o1.Cl. The van der Waals surface area contributed by atoms with E-state index in [9.17, 15) is 4.79 Å². The van der Waals surface area contributed by atoms with E-state index in [0.29, 0.717) is 18.3 Å². The molecule has 0 saturated heterocycles. The lowest BCUT2D eigenvalue weighted by Crippen LogP contribution is -2.21. The second-order valence-electron chi connectivity index (χ2n) is 4.69. The van der Waals surface area contributed by atoms with Crippen molar-refractivity contribution >= 4 is 18.4 Å². The van der Waals surface area contributed by atoms with Gasteiger partial charge >= 0.3 is 5.97 Å². The molecule has 5 heteroatoms. The summed E-state index contributed by atoms with van der Waals surface area (Å²) in [6.45, 7) is 4.80. The molecule has 1 heterocycles. The summed E-state index contributed by atoms with van der Waals surface area (Å²) < 4.78 is 5.70. The predicted molar refractivity (Wildman–Crippen MR) is 80.3 cm³/mol. The predicted octanol–water partition coefficient (Wildman–Crippen LogP) is 3.56. The van der Waals surface area contributed by atoms with Crippen LogP contribution in [0.15, 0.2) is 40.8 Å². The van der Waals surface area contributed by atoms with Crippen LogP contribution >= 0.6 is 12.4 Å². The van der Waals surface area contributed by atoms with Crippen LogP contribution < -0.4 is 5.32 Å². The Labute approximate surface area is 124 Å². The number of furan rings is 1. The van der Waals surface area contributed by atoms with E-state index in [0.717, 1.165) is 11.3 Å². The van der Waals surface area contributed by atoms with Crippen molar-refractivity contribution in [1.29, 1.82) is 0 Å². The molecule has 0 aliphatic rings. The summed E-state index contributed by atoms with van der Waals surface area (Å²) in [6, 6.07) is 10.9. The first-order chi connectivity index (χ1) is 9.06. The molecule has 2 aromatic rings. The Morgan fingerprint density at radius 2 is 2.05 bits per heavy atom. The van der Waals surface area contributed by atoms with Crippen molar-refractivity contribution in [2.75, 3.05) is 0 Å². The number of halogens is 1. The van der Waals surface area contributed by atoms with Crippen LogP contribution in [0.2, 0.25) is 0 Å². The van der Waals surface area contributed by atoms with Gasteiger partial charge in [-0.3, -0.25) is 0 Å². The molecule has 0 amide bonds. The first kappa shape index (κ1) is 16.3. The highest BCUT2D eigenvalue weighted by molar-refractivity contribution is 5.89. The van der Waals surface area contributed by atoms with Crippen LogP contribution in [0, 0.1) is 0 Å². The largest absolute Gasteiger partial charge is 0.478 e. The minimum atomic E-state index is -0.935. The Morgan fingerprint density at radius 1 is 1.30 bits per heavy atom.